The first-order valence-electron chi connectivity index (χ1n) is 6.68. The third-order valence-electron chi connectivity index (χ3n) is 3.14. The second-order valence-corrected chi connectivity index (χ2v) is 5.87. The highest BCUT2D eigenvalue weighted by Gasteiger charge is 2.61. The lowest BCUT2D eigenvalue weighted by Crippen LogP contribution is -2.63. The number of rotatable bonds is 6. The summed E-state index contributed by atoms with van der Waals surface area (Å²) >= 11 is 0. The zero-order chi connectivity index (χ0) is 17.0. The highest BCUT2D eigenvalue weighted by molar-refractivity contribution is 7.83. The first-order valence-corrected chi connectivity index (χ1v) is 7.83. The predicted octanol–water partition coefficient (Wildman–Crippen LogP) is 2.88. The third-order valence-corrected chi connectivity index (χ3v) is 4.37. The number of esters is 1. The zero-order valence-corrected chi connectivity index (χ0v) is 13.3. The van der Waals surface area contributed by atoms with E-state index in [9.17, 15) is 22.2 Å². The van der Waals surface area contributed by atoms with Gasteiger partial charge in [0.2, 0.25) is 5.54 Å². The lowest BCUT2D eigenvalue weighted by Gasteiger charge is -2.32. The van der Waals surface area contributed by atoms with Gasteiger partial charge in [0.05, 0.1) is 11.5 Å². The summed E-state index contributed by atoms with van der Waals surface area (Å²) in [6.07, 6.45) is -5.57. The van der Waals surface area contributed by atoms with Crippen molar-refractivity contribution in [3.05, 3.63) is 29.8 Å². The van der Waals surface area contributed by atoms with E-state index in [1.807, 2.05) is 4.72 Å². The standard InChI is InChI=1S/C14H18F3NO3S/c1-4-13(14(15,16)17,12(19)21-5-2)18-22(20)11-8-6-10(3)7-9-11/h6-9,18H,4-5H2,1-3H3/t13-,22-/m0/s1. The SMILES string of the molecule is CCOC(=O)[C@](CC)(N[S@@](=O)c1ccc(C)cc1)C(F)(F)F. The highest BCUT2D eigenvalue weighted by Crippen LogP contribution is 2.35. The van der Waals surface area contributed by atoms with E-state index < -0.39 is 35.1 Å². The van der Waals surface area contributed by atoms with E-state index >= 15 is 0 Å². The average molecular weight is 337 g/mol. The molecule has 1 aromatic carbocycles. The summed E-state index contributed by atoms with van der Waals surface area (Å²) in [7, 11) is -2.20. The van der Waals surface area contributed by atoms with Gasteiger partial charge in [0.15, 0.2) is 0 Å². The van der Waals surface area contributed by atoms with Gasteiger partial charge in [0.1, 0.15) is 11.0 Å². The molecule has 0 unspecified atom stereocenters. The highest BCUT2D eigenvalue weighted by atomic mass is 32.2. The number of aryl methyl sites for hydroxylation is 1. The number of carbonyl (C=O) groups excluding carboxylic acids is 1. The molecule has 124 valence electrons. The molecule has 1 N–H and O–H groups in total. The van der Waals surface area contributed by atoms with Crippen molar-refractivity contribution in [1.82, 2.24) is 4.72 Å². The van der Waals surface area contributed by atoms with Crippen LogP contribution in [0.3, 0.4) is 0 Å². The van der Waals surface area contributed by atoms with Crippen LogP contribution in [-0.2, 0) is 20.5 Å². The second-order valence-electron chi connectivity index (χ2n) is 4.66. The van der Waals surface area contributed by atoms with Gasteiger partial charge in [-0.25, -0.2) is 13.7 Å². The van der Waals surface area contributed by atoms with Crippen molar-refractivity contribution in [2.75, 3.05) is 6.61 Å². The molecule has 2 atom stereocenters. The largest absolute Gasteiger partial charge is 0.464 e. The third kappa shape index (κ3) is 3.86. The maximum Gasteiger partial charge on any atom is 0.418 e. The van der Waals surface area contributed by atoms with Crippen molar-refractivity contribution < 1.29 is 26.9 Å². The van der Waals surface area contributed by atoms with Crippen LogP contribution in [0.5, 0.6) is 0 Å². The Morgan fingerprint density at radius 1 is 1.23 bits per heavy atom. The van der Waals surface area contributed by atoms with Gasteiger partial charge >= 0.3 is 12.1 Å². The summed E-state index contributed by atoms with van der Waals surface area (Å²) < 4.78 is 58.8. The number of nitrogens with one attached hydrogen (secondary N) is 1. The van der Waals surface area contributed by atoms with Gasteiger partial charge in [-0.15, -0.1) is 0 Å². The molecular weight excluding hydrogens is 319 g/mol. The minimum atomic E-state index is -4.94. The Morgan fingerprint density at radius 3 is 2.18 bits per heavy atom. The van der Waals surface area contributed by atoms with Crippen LogP contribution in [0.15, 0.2) is 29.2 Å². The monoisotopic (exact) mass is 337 g/mol. The summed E-state index contributed by atoms with van der Waals surface area (Å²) in [6, 6.07) is 6.14. The first kappa shape index (κ1) is 18.6. The van der Waals surface area contributed by atoms with E-state index in [4.69, 9.17) is 0 Å². The molecule has 0 saturated heterocycles. The van der Waals surface area contributed by atoms with Crippen molar-refractivity contribution in [2.24, 2.45) is 0 Å². The summed E-state index contributed by atoms with van der Waals surface area (Å²) in [6.45, 7) is 4.19. The maximum absolute atomic E-state index is 13.4. The summed E-state index contributed by atoms with van der Waals surface area (Å²) in [5.74, 6) is -1.48. The van der Waals surface area contributed by atoms with Crippen LogP contribution in [0, 0.1) is 6.92 Å². The van der Waals surface area contributed by atoms with E-state index in [0.29, 0.717) is 0 Å². The number of hydrogen-bond acceptors (Lipinski definition) is 3. The Kier molecular flexibility index (Phi) is 6.13. The minimum Gasteiger partial charge on any atom is -0.464 e. The van der Waals surface area contributed by atoms with Crippen LogP contribution in [0.4, 0.5) is 13.2 Å². The molecule has 1 aromatic rings. The van der Waals surface area contributed by atoms with Gasteiger partial charge in [0.25, 0.3) is 0 Å². The Hall–Kier alpha value is -1.41. The first-order chi connectivity index (χ1) is 10.2. The van der Waals surface area contributed by atoms with Crippen LogP contribution >= 0.6 is 0 Å². The summed E-state index contributed by atoms with van der Waals surface area (Å²) in [5.41, 5.74) is -2.12. The number of benzene rings is 1. The van der Waals surface area contributed by atoms with Gasteiger partial charge in [-0.1, -0.05) is 24.6 Å². The molecule has 0 spiro atoms. The molecule has 8 heteroatoms. The normalized spacial score (nSPS) is 15.9. The molecule has 0 bridgehead atoms. The van der Waals surface area contributed by atoms with Crippen molar-refractivity contribution in [1.29, 1.82) is 0 Å². The topological polar surface area (TPSA) is 55.4 Å². The van der Waals surface area contributed by atoms with E-state index in [1.165, 1.54) is 26.0 Å². The Morgan fingerprint density at radius 2 is 1.77 bits per heavy atom. The van der Waals surface area contributed by atoms with Crippen molar-refractivity contribution in [2.45, 2.75) is 43.8 Å². The summed E-state index contributed by atoms with van der Waals surface area (Å²) in [4.78, 5) is 12.0. The molecular formula is C14H18F3NO3S. The smallest absolute Gasteiger partial charge is 0.418 e. The van der Waals surface area contributed by atoms with E-state index in [0.717, 1.165) is 5.56 Å². The molecule has 0 heterocycles. The molecule has 0 radical (unpaired) electrons. The lowest BCUT2D eigenvalue weighted by atomic mass is 9.97. The zero-order valence-electron chi connectivity index (χ0n) is 12.5. The van der Waals surface area contributed by atoms with Gasteiger partial charge in [-0.2, -0.15) is 13.2 Å². The molecule has 22 heavy (non-hydrogen) atoms. The van der Waals surface area contributed by atoms with Crippen LogP contribution in [0.1, 0.15) is 25.8 Å². The number of halogens is 3. The molecule has 0 aromatic heterocycles. The Labute approximate surface area is 129 Å². The van der Waals surface area contributed by atoms with Gasteiger partial charge in [-0.05, 0) is 32.4 Å². The Balaban J connectivity index is 3.15. The van der Waals surface area contributed by atoms with Crippen LogP contribution in [-0.4, -0.2) is 28.5 Å². The summed E-state index contributed by atoms with van der Waals surface area (Å²) in [5, 5.41) is 0. The lowest BCUT2D eigenvalue weighted by molar-refractivity contribution is -0.209. The average Bonchev–Trinajstić information content (AvgIpc) is 2.44. The van der Waals surface area contributed by atoms with Gasteiger partial charge < -0.3 is 4.74 Å². The van der Waals surface area contributed by atoms with E-state index in [2.05, 4.69) is 4.74 Å². The van der Waals surface area contributed by atoms with Crippen LogP contribution in [0.25, 0.3) is 0 Å². The predicted molar refractivity (Wildman–Crippen MR) is 76.4 cm³/mol. The van der Waals surface area contributed by atoms with E-state index in [-0.39, 0.29) is 11.5 Å². The molecule has 0 amide bonds. The van der Waals surface area contributed by atoms with Crippen molar-refractivity contribution in [3.8, 4) is 0 Å². The second kappa shape index (κ2) is 7.23. The molecule has 0 aliphatic rings. The fourth-order valence-electron chi connectivity index (χ4n) is 1.77. The molecule has 1 rings (SSSR count). The molecule has 0 aliphatic heterocycles. The van der Waals surface area contributed by atoms with Gasteiger partial charge in [-0.3, -0.25) is 0 Å². The number of ether oxygens (including phenoxy) is 1. The van der Waals surface area contributed by atoms with Crippen LogP contribution in [0.2, 0.25) is 0 Å². The van der Waals surface area contributed by atoms with E-state index in [1.54, 1.807) is 19.1 Å². The van der Waals surface area contributed by atoms with Gasteiger partial charge in [0, 0.05) is 0 Å². The minimum absolute atomic E-state index is 0.150. The number of carbonyl (C=O) groups is 1. The van der Waals surface area contributed by atoms with Crippen molar-refractivity contribution >= 4 is 17.0 Å². The maximum atomic E-state index is 13.4. The molecule has 4 nitrogen and oxygen atoms in total. The molecule has 0 fully saturated rings. The quantitative estimate of drug-likeness (QED) is 0.812. The van der Waals surface area contributed by atoms with Crippen molar-refractivity contribution in [3.63, 3.8) is 0 Å². The fraction of sp³-hybridized carbons (Fsp3) is 0.500. The fourth-order valence-corrected chi connectivity index (χ4v) is 2.93. The number of hydrogen-bond donors (Lipinski definition) is 1. The molecule has 0 aliphatic carbocycles. The Bertz CT molecular complexity index is 545. The number of alkyl halides is 3. The molecule has 0 saturated carbocycles. The van der Waals surface area contributed by atoms with Crippen LogP contribution < -0.4 is 4.72 Å².